The molecule has 0 bridgehead atoms. The second-order valence-electron chi connectivity index (χ2n) is 4.96. The number of carbonyl (C=O) groups is 1. The molecule has 0 aliphatic carbocycles. The largest absolute Gasteiger partial charge is 0.466 e. The van der Waals surface area contributed by atoms with Crippen LogP contribution in [0.5, 0.6) is 0 Å². The molecule has 0 saturated heterocycles. The average molecular weight is 228 g/mol. The third-order valence-corrected chi connectivity index (χ3v) is 5.29. The lowest BCUT2D eigenvalue weighted by atomic mass is 10.1. The van der Waals surface area contributed by atoms with E-state index in [2.05, 4.69) is 25.7 Å². The molecule has 0 aliphatic rings. The van der Waals surface area contributed by atoms with Gasteiger partial charge in [0.25, 0.3) is 0 Å². The molecule has 0 amide bonds. The molecule has 0 heterocycles. The standard InChI is InChI=1S/C12H24O2Si/c1-7-9-11(15(4,5)6)10(3)12(13)14-8-2/h7,9-11H,8H2,1-6H3/b9-7+/t10-,11-/m0/s1. The van der Waals surface area contributed by atoms with Crippen LogP contribution in [0.25, 0.3) is 0 Å². The number of ether oxygens (including phenoxy) is 1. The van der Waals surface area contributed by atoms with Crippen molar-refractivity contribution in [3.63, 3.8) is 0 Å². The predicted octanol–water partition coefficient (Wildman–Crippen LogP) is 3.47. The first kappa shape index (κ1) is 14.4. The van der Waals surface area contributed by atoms with Crippen molar-refractivity contribution < 1.29 is 9.53 Å². The van der Waals surface area contributed by atoms with Crippen LogP contribution >= 0.6 is 0 Å². The molecule has 0 aliphatic heterocycles. The Hall–Kier alpha value is -0.573. The first-order valence-electron chi connectivity index (χ1n) is 5.64. The molecule has 0 fully saturated rings. The predicted molar refractivity (Wildman–Crippen MR) is 67.7 cm³/mol. The van der Waals surface area contributed by atoms with Gasteiger partial charge in [-0.3, -0.25) is 4.79 Å². The van der Waals surface area contributed by atoms with Gasteiger partial charge in [-0.2, -0.15) is 0 Å². The van der Waals surface area contributed by atoms with Crippen molar-refractivity contribution in [2.45, 2.75) is 46.0 Å². The Morgan fingerprint density at radius 3 is 2.27 bits per heavy atom. The van der Waals surface area contributed by atoms with Gasteiger partial charge in [0.15, 0.2) is 0 Å². The second kappa shape index (κ2) is 6.11. The van der Waals surface area contributed by atoms with Crippen LogP contribution in [0.2, 0.25) is 25.2 Å². The molecular formula is C12H24O2Si. The molecule has 0 aromatic rings. The van der Waals surface area contributed by atoms with Crippen LogP contribution in [0.4, 0.5) is 0 Å². The fourth-order valence-corrected chi connectivity index (χ4v) is 4.24. The average Bonchev–Trinajstić information content (AvgIpc) is 2.11. The molecule has 0 spiro atoms. The molecular weight excluding hydrogens is 204 g/mol. The van der Waals surface area contributed by atoms with Crippen LogP contribution < -0.4 is 0 Å². The summed E-state index contributed by atoms with van der Waals surface area (Å²) in [5.74, 6) is -0.0872. The summed E-state index contributed by atoms with van der Waals surface area (Å²) in [6.07, 6.45) is 4.20. The van der Waals surface area contributed by atoms with Crippen LogP contribution in [-0.2, 0) is 9.53 Å². The third kappa shape index (κ3) is 4.65. The van der Waals surface area contributed by atoms with Crippen LogP contribution in [-0.4, -0.2) is 20.7 Å². The highest BCUT2D eigenvalue weighted by Gasteiger charge is 2.33. The summed E-state index contributed by atoms with van der Waals surface area (Å²) in [4.78, 5) is 11.7. The van der Waals surface area contributed by atoms with Gasteiger partial charge in [-0.25, -0.2) is 0 Å². The normalized spacial score (nSPS) is 16.4. The maximum Gasteiger partial charge on any atom is 0.308 e. The van der Waals surface area contributed by atoms with Gasteiger partial charge in [-0.15, -0.1) is 0 Å². The summed E-state index contributed by atoms with van der Waals surface area (Å²) >= 11 is 0. The summed E-state index contributed by atoms with van der Waals surface area (Å²) in [6.45, 7) is 13.2. The van der Waals surface area contributed by atoms with Gasteiger partial charge in [0.1, 0.15) is 0 Å². The molecule has 2 atom stereocenters. The fraction of sp³-hybridized carbons (Fsp3) is 0.750. The van der Waals surface area contributed by atoms with E-state index in [1.165, 1.54) is 0 Å². The van der Waals surface area contributed by atoms with E-state index >= 15 is 0 Å². The van der Waals surface area contributed by atoms with Crippen molar-refractivity contribution in [2.75, 3.05) is 6.61 Å². The number of hydrogen-bond acceptors (Lipinski definition) is 2. The van der Waals surface area contributed by atoms with Crippen LogP contribution in [0.15, 0.2) is 12.2 Å². The SMILES string of the molecule is C/C=C/[C@@H]([C@H](C)C(=O)OCC)[Si](C)(C)C. The van der Waals surface area contributed by atoms with Gasteiger partial charge >= 0.3 is 5.97 Å². The van der Waals surface area contributed by atoms with Crippen molar-refractivity contribution in [1.82, 2.24) is 0 Å². The Morgan fingerprint density at radius 2 is 1.93 bits per heavy atom. The molecule has 0 N–H and O–H groups in total. The van der Waals surface area contributed by atoms with Crippen molar-refractivity contribution >= 4 is 14.0 Å². The highest BCUT2D eigenvalue weighted by Crippen LogP contribution is 2.32. The molecule has 15 heavy (non-hydrogen) atoms. The highest BCUT2D eigenvalue weighted by atomic mass is 28.3. The van der Waals surface area contributed by atoms with E-state index < -0.39 is 8.07 Å². The van der Waals surface area contributed by atoms with Gasteiger partial charge in [-0.1, -0.05) is 38.7 Å². The zero-order chi connectivity index (χ0) is 12.1. The molecule has 0 unspecified atom stereocenters. The monoisotopic (exact) mass is 228 g/mol. The minimum atomic E-state index is -1.35. The Balaban J connectivity index is 4.70. The quantitative estimate of drug-likeness (QED) is 0.409. The maximum atomic E-state index is 11.7. The highest BCUT2D eigenvalue weighted by molar-refractivity contribution is 6.78. The van der Waals surface area contributed by atoms with Gasteiger partial charge in [-0.05, 0) is 19.4 Å². The van der Waals surface area contributed by atoms with E-state index in [1.54, 1.807) is 0 Å². The maximum absolute atomic E-state index is 11.7. The first-order chi connectivity index (χ1) is 6.84. The van der Waals surface area contributed by atoms with Crippen LogP contribution in [0, 0.1) is 5.92 Å². The Kier molecular flexibility index (Phi) is 5.87. The van der Waals surface area contributed by atoms with Crippen LogP contribution in [0.1, 0.15) is 20.8 Å². The van der Waals surface area contributed by atoms with E-state index in [0.29, 0.717) is 12.1 Å². The summed E-state index contributed by atoms with van der Waals surface area (Å²) in [6, 6.07) is 0. The lowest BCUT2D eigenvalue weighted by Gasteiger charge is -2.30. The molecule has 2 nitrogen and oxygen atoms in total. The van der Waals surface area contributed by atoms with E-state index in [0.717, 1.165) is 0 Å². The van der Waals surface area contributed by atoms with Gasteiger partial charge in [0.05, 0.1) is 20.6 Å². The van der Waals surface area contributed by atoms with E-state index in [9.17, 15) is 4.79 Å². The number of carbonyl (C=O) groups excluding carboxylic acids is 1. The molecule has 88 valence electrons. The van der Waals surface area contributed by atoms with Gasteiger partial charge < -0.3 is 4.74 Å². The number of rotatable bonds is 5. The number of hydrogen-bond donors (Lipinski definition) is 0. The van der Waals surface area contributed by atoms with Gasteiger partial charge in [0.2, 0.25) is 0 Å². The number of allylic oxidation sites excluding steroid dienone is 2. The van der Waals surface area contributed by atoms with Gasteiger partial charge in [0, 0.05) is 0 Å². The van der Waals surface area contributed by atoms with E-state index in [-0.39, 0.29) is 11.9 Å². The summed E-state index contributed by atoms with van der Waals surface area (Å²) in [5.41, 5.74) is 0.363. The summed E-state index contributed by atoms with van der Waals surface area (Å²) in [7, 11) is -1.35. The van der Waals surface area contributed by atoms with Crippen molar-refractivity contribution in [3.05, 3.63) is 12.2 Å². The van der Waals surface area contributed by atoms with E-state index in [4.69, 9.17) is 4.74 Å². The lowest BCUT2D eigenvalue weighted by Crippen LogP contribution is -2.35. The number of esters is 1. The molecule has 0 radical (unpaired) electrons. The van der Waals surface area contributed by atoms with E-state index in [1.807, 2.05) is 26.8 Å². The smallest absolute Gasteiger partial charge is 0.308 e. The van der Waals surface area contributed by atoms with Crippen molar-refractivity contribution in [3.8, 4) is 0 Å². The topological polar surface area (TPSA) is 26.3 Å². The van der Waals surface area contributed by atoms with Crippen LogP contribution in [0.3, 0.4) is 0 Å². The lowest BCUT2D eigenvalue weighted by molar-refractivity contribution is -0.147. The molecule has 0 aromatic heterocycles. The Bertz CT molecular complexity index is 228. The minimum absolute atomic E-state index is 0.0205. The fourth-order valence-electron chi connectivity index (χ4n) is 1.83. The second-order valence-corrected chi connectivity index (χ2v) is 10.4. The third-order valence-electron chi connectivity index (χ3n) is 2.60. The summed E-state index contributed by atoms with van der Waals surface area (Å²) in [5, 5.41) is 0. The van der Waals surface area contributed by atoms with Crippen molar-refractivity contribution in [1.29, 1.82) is 0 Å². The summed E-state index contributed by atoms with van der Waals surface area (Å²) < 4.78 is 5.08. The van der Waals surface area contributed by atoms with Crippen molar-refractivity contribution in [2.24, 2.45) is 5.92 Å². The molecule has 0 aromatic carbocycles. The zero-order valence-electron chi connectivity index (χ0n) is 10.8. The first-order valence-corrected chi connectivity index (χ1v) is 9.21. The minimum Gasteiger partial charge on any atom is -0.466 e. The molecule has 0 saturated carbocycles. The molecule has 0 rings (SSSR count). The Morgan fingerprint density at radius 1 is 1.40 bits per heavy atom. The molecule has 3 heteroatoms. The zero-order valence-corrected chi connectivity index (χ0v) is 11.8. The Labute approximate surface area is 94.7 Å².